The van der Waals surface area contributed by atoms with Crippen LogP contribution in [0.5, 0.6) is 0 Å². The first kappa shape index (κ1) is 20.7. The van der Waals surface area contributed by atoms with Crippen LogP contribution >= 0.6 is 11.8 Å². The van der Waals surface area contributed by atoms with E-state index < -0.39 is 17.5 Å². The number of nitrogens with one attached hydrogen (secondary N) is 1. The molecule has 4 rings (SSSR count). The van der Waals surface area contributed by atoms with Crippen molar-refractivity contribution in [1.29, 1.82) is 0 Å². The summed E-state index contributed by atoms with van der Waals surface area (Å²) < 4.78 is 27.8. The molecule has 2 aromatic carbocycles. The van der Waals surface area contributed by atoms with Crippen LogP contribution in [0.1, 0.15) is 5.56 Å². The molecule has 0 saturated carbocycles. The number of anilines is 1. The van der Waals surface area contributed by atoms with Gasteiger partial charge in [-0.2, -0.15) is 0 Å². The second-order valence-corrected chi connectivity index (χ2v) is 7.65. The number of halogens is 2. The number of hydrogen-bond donors (Lipinski definition) is 1. The van der Waals surface area contributed by atoms with Crippen molar-refractivity contribution in [1.82, 2.24) is 14.5 Å². The van der Waals surface area contributed by atoms with E-state index in [-0.39, 0.29) is 17.0 Å². The van der Waals surface area contributed by atoms with Crippen LogP contribution in [0.4, 0.5) is 14.5 Å². The van der Waals surface area contributed by atoms with Crippen LogP contribution in [0, 0.1) is 18.6 Å². The predicted molar refractivity (Wildman–Crippen MR) is 116 cm³/mol. The number of aryl methyl sites for hydroxylation is 1. The van der Waals surface area contributed by atoms with Crippen molar-refractivity contribution in [2.24, 2.45) is 0 Å². The van der Waals surface area contributed by atoms with Gasteiger partial charge in [0.05, 0.1) is 16.7 Å². The Kier molecular flexibility index (Phi) is 5.77. The minimum Gasteiger partial charge on any atom is -0.325 e. The van der Waals surface area contributed by atoms with E-state index in [1.54, 1.807) is 36.5 Å². The number of rotatable bonds is 5. The van der Waals surface area contributed by atoms with Crippen LogP contribution < -0.4 is 10.9 Å². The van der Waals surface area contributed by atoms with E-state index in [0.29, 0.717) is 21.9 Å². The van der Waals surface area contributed by atoms with Crippen molar-refractivity contribution in [3.05, 3.63) is 88.3 Å². The molecule has 0 bridgehead atoms. The van der Waals surface area contributed by atoms with Crippen molar-refractivity contribution in [2.75, 3.05) is 11.1 Å². The van der Waals surface area contributed by atoms with Crippen LogP contribution in [0.3, 0.4) is 0 Å². The molecule has 2 aromatic heterocycles. The summed E-state index contributed by atoms with van der Waals surface area (Å²) in [5, 5.41) is 3.22. The summed E-state index contributed by atoms with van der Waals surface area (Å²) in [4.78, 5) is 34.3. The zero-order chi connectivity index (χ0) is 22.0. The summed E-state index contributed by atoms with van der Waals surface area (Å²) in [6, 6.07) is 13.6. The summed E-state index contributed by atoms with van der Waals surface area (Å²) in [7, 11) is 0. The molecular formula is C22H16F2N4O2S. The Bertz CT molecular complexity index is 1340. The zero-order valence-corrected chi connectivity index (χ0v) is 17.1. The standard InChI is InChI=1S/C22H16F2N4O2S/c1-13-6-9-19(25-11-13)28-21(30)15-4-2-3-5-18(15)27-22(28)31-12-20(29)26-14-7-8-16(23)17(24)10-14/h2-11H,12H2,1H3,(H,26,29). The number of thioether (sulfide) groups is 1. The lowest BCUT2D eigenvalue weighted by Gasteiger charge is -2.12. The van der Waals surface area contributed by atoms with Crippen LogP contribution in [0.2, 0.25) is 0 Å². The number of aromatic nitrogens is 3. The normalized spacial score (nSPS) is 10.9. The van der Waals surface area contributed by atoms with Gasteiger partial charge in [0.25, 0.3) is 5.56 Å². The molecule has 2 heterocycles. The minimum absolute atomic E-state index is 0.102. The van der Waals surface area contributed by atoms with Gasteiger partial charge in [0.2, 0.25) is 5.91 Å². The molecule has 6 nitrogen and oxygen atoms in total. The summed E-state index contributed by atoms with van der Waals surface area (Å²) >= 11 is 1.04. The van der Waals surface area contributed by atoms with Gasteiger partial charge in [-0.05, 0) is 42.8 Å². The molecule has 0 atom stereocenters. The Morgan fingerprint density at radius 1 is 1.10 bits per heavy atom. The average Bonchev–Trinajstić information content (AvgIpc) is 2.76. The third kappa shape index (κ3) is 4.46. The van der Waals surface area contributed by atoms with Gasteiger partial charge in [0.1, 0.15) is 5.82 Å². The summed E-state index contributed by atoms with van der Waals surface area (Å²) in [6.07, 6.45) is 1.64. The van der Waals surface area contributed by atoms with Gasteiger partial charge in [0.15, 0.2) is 16.8 Å². The van der Waals surface area contributed by atoms with E-state index in [9.17, 15) is 18.4 Å². The van der Waals surface area contributed by atoms with Gasteiger partial charge in [0, 0.05) is 18.0 Å². The SMILES string of the molecule is Cc1ccc(-n2c(SCC(=O)Nc3ccc(F)c(F)c3)nc3ccccc3c2=O)nc1. The molecular weight excluding hydrogens is 422 g/mol. The molecule has 0 fully saturated rings. The maximum Gasteiger partial charge on any atom is 0.267 e. The molecule has 0 saturated heterocycles. The van der Waals surface area contributed by atoms with Gasteiger partial charge < -0.3 is 5.32 Å². The molecule has 0 radical (unpaired) electrons. The number of hydrogen-bond acceptors (Lipinski definition) is 5. The number of amides is 1. The molecule has 0 unspecified atom stereocenters. The maximum atomic E-state index is 13.4. The molecule has 0 aliphatic carbocycles. The fraction of sp³-hybridized carbons (Fsp3) is 0.0909. The molecule has 0 aliphatic heterocycles. The van der Waals surface area contributed by atoms with Crippen molar-refractivity contribution in [2.45, 2.75) is 12.1 Å². The smallest absolute Gasteiger partial charge is 0.267 e. The van der Waals surface area contributed by atoms with Crippen LogP contribution in [0.25, 0.3) is 16.7 Å². The highest BCUT2D eigenvalue weighted by Crippen LogP contribution is 2.21. The van der Waals surface area contributed by atoms with E-state index in [0.717, 1.165) is 29.5 Å². The Balaban J connectivity index is 1.65. The fourth-order valence-electron chi connectivity index (χ4n) is 2.90. The van der Waals surface area contributed by atoms with Gasteiger partial charge in [-0.1, -0.05) is 30.0 Å². The quantitative estimate of drug-likeness (QED) is 0.375. The number of fused-ring (bicyclic) bond motifs is 1. The first-order valence-electron chi connectivity index (χ1n) is 9.25. The topological polar surface area (TPSA) is 76.9 Å². The van der Waals surface area contributed by atoms with Crippen LogP contribution in [-0.2, 0) is 4.79 Å². The van der Waals surface area contributed by atoms with Gasteiger partial charge in [-0.15, -0.1) is 0 Å². The first-order chi connectivity index (χ1) is 14.9. The Morgan fingerprint density at radius 3 is 2.65 bits per heavy atom. The van der Waals surface area contributed by atoms with E-state index >= 15 is 0 Å². The molecule has 31 heavy (non-hydrogen) atoms. The molecule has 4 aromatic rings. The van der Waals surface area contributed by atoms with Gasteiger partial charge >= 0.3 is 0 Å². The Labute approximate surface area is 180 Å². The largest absolute Gasteiger partial charge is 0.325 e. The second kappa shape index (κ2) is 8.65. The van der Waals surface area contributed by atoms with Gasteiger partial charge in [-0.25, -0.2) is 23.3 Å². The van der Waals surface area contributed by atoms with Crippen molar-refractivity contribution in [3.8, 4) is 5.82 Å². The number of para-hydroxylation sites is 1. The lowest BCUT2D eigenvalue weighted by molar-refractivity contribution is -0.113. The molecule has 0 aliphatic rings. The van der Waals surface area contributed by atoms with E-state index in [4.69, 9.17) is 0 Å². The first-order valence-corrected chi connectivity index (χ1v) is 10.2. The van der Waals surface area contributed by atoms with Crippen LogP contribution in [-0.4, -0.2) is 26.2 Å². The lowest BCUT2D eigenvalue weighted by Crippen LogP contribution is -2.23. The minimum atomic E-state index is -1.05. The summed E-state index contributed by atoms with van der Waals surface area (Å²) in [5.74, 6) is -2.22. The highest BCUT2D eigenvalue weighted by Gasteiger charge is 2.16. The third-order valence-corrected chi connectivity index (χ3v) is 5.34. The number of carbonyl (C=O) groups is 1. The Morgan fingerprint density at radius 2 is 1.90 bits per heavy atom. The molecule has 9 heteroatoms. The van der Waals surface area contributed by atoms with Crippen molar-refractivity contribution < 1.29 is 13.6 Å². The predicted octanol–water partition coefficient (Wildman–Crippen LogP) is 4.10. The second-order valence-electron chi connectivity index (χ2n) is 6.71. The van der Waals surface area contributed by atoms with E-state index in [2.05, 4.69) is 15.3 Å². The van der Waals surface area contributed by atoms with Gasteiger partial charge in [-0.3, -0.25) is 9.59 Å². The third-order valence-electron chi connectivity index (χ3n) is 4.41. The number of carbonyl (C=O) groups excluding carboxylic acids is 1. The Hall–Kier alpha value is -3.59. The van der Waals surface area contributed by atoms with E-state index in [1.165, 1.54) is 10.6 Å². The number of benzene rings is 2. The lowest BCUT2D eigenvalue weighted by atomic mass is 10.2. The van der Waals surface area contributed by atoms with Crippen molar-refractivity contribution >= 4 is 34.3 Å². The number of nitrogens with zero attached hydrogens (tertiary/aromatic N) is 3. The zero-order valence-electron chi connectivity index (χ0n) is 16.3. The average molecular weight is 438 g/mol. The molecule has 1 amide bonds. The highest BCUT2D eigenvalue weighted by molar-refractivity contribution is 7.99. The van der Waals surface area contributed by atoms with Crippen LogP contribution in [0.15, 0.2) is 70.7 Å². The molecule has 0 spiro atoms. The molecule has 1 N–H and O–H groups in total. The monoisotopic (exact) mass is 438 g/mol. The van der Waals surface area contributed by atoms with Crippen molar-refractivity contribution in [3.63, 3.8) is 0 Å². The fourth-order valence-corrected chi connectivity index (χ4v) is 3.71. The maximum absolute atomic E-state index is 13.4. The summed E-state index contributed by atoms with van der Waals surface area (Å²) in [6.45, 7) is 1.89. The number of pyridine rings is 1. The highest BCUT2D eigenvalue weighted by atomic mass is 32.2. The molecule has 156 valence electrons. The van der Waals surface area contributed by atoms with E-state index in [1.807, 2.05) is 13.0 Å². The summed E-state index contributed by atoms with van der Waals surface area (Å²) in [5.41, 5.74) is 1.27.